The van der Waals surface area contributed by atoms with E-state index >= 15 is 0 Å². The molecule has 90 valence electrons. The topological polar surface area (TPSA) is 20.3 Å². The minimum absolute atomic E-state index is 0.0849. The smallest absolute Gasteiger partial charge is 0.282 e. The molecule has 2 atom stereocenters. The zero-order valence-corrected chi connectivity index (χ0v) is 11.8. The number of thioether (sulfide) groups is 1. The number of amides is 1. The van der Waals surface area contributed by atoms with E-state index in [1.807, 2.05) is 29.2 Å². The van der Waals surface area contributed by atoms with Crippen molar-refractivity contribution in [3.63, 3.8) is 0 Å². The Morgan fingerprint density at radius 1 is 1.53 bits per heavy atom. The summed E-state index contributed by atoms with van der Waals surface area (Å²) < 4.78 is 0. The van der Waals surface area contributed by atoms with Gasteiger partial charge < -0.3 is 4.90 Å². The second kappa shape index (κ2) is 5.74. The van der Waals surface area contributed by atoms with E-state index in [1.165, 1.54) is 11.8 Å². The number of rotatable bonds is 4. The molecule has 1 heterocycles. The van der Waals surface area contributed by atoms with Crippen LogP contribution in [0.2, 0.25) is 0 Å². The Hall–Kier alpha value is -0.740. The van der Waals surface area contributed by atoms with Gasteiger partial charge >= 0.3 is 0 Å². The highest BCUT2D eigenvalue weighted by Crippen LogP contribution is 2.34. The number of nitrogens with zero attached hydrogens (tertiary/aromatic N) is 1. The number of carbonyl (C=O) groups excluding carboxylic acids is 1. The summed E-state index contributed by atoms with van der Waals surface area (Å²) in [6.07, 6.45) is 1.86. The molecule has 1 saturated heterocycles. The van der Waals surface area contributed by atoms with Gasteiger partial charge in [-0.3, -0.25) is 4.79 Å². The average molecular weight is 312 g/mol. The third-order valence-corrected chi connectivity index (χ3v) is 4.46. The Morgan fingerprint density at radius 2 is 2.24 bits per heavy atom. The summed E-state index contributed by atoms with van der Waals surface area (Å²) in [4.78, 5) is 13.9. The summed E-state index contributed by atoms with van der Waals surface area (Å²) >= 11 is 4.88. The largest absolute Gasteiger partial charge is 0.318 e. The number of hydrogen-bond donors (Lipinski definition) is 0. The SMILES string of the molecule is C=C[C@@H]1CSC(=O)N1[C@H](CBr)c1ccccc1. The van der Waals surface area contributed by atoms with Crippen molar-refractivity contribution in [2.45, 2.75) is 12.1 Å². The molecule has 1 aliphatic heterocycles. The maximum atomic E-state index is 11.9. The number of halogens is 1. The van der Waals surface area contributed by atoms with Crippen LogP contribution in [0.3, 0.4) is 0 Å². The van der Waals surface area contributed by atoms with Gasteiger partial charge in [0.15, 0.2) is 0 Å². The fourth-order valence-electron chi connectivity index (χ4n) is 1.99. The standard InChI is InChI=1S/C13H14BrNOS/c1-2-11-9-17-13(16)15(11)12(8-14)10-6-4-3-5-7-10/h2-7,11-12H,1,8-9H2/t11-,12-/m1/s1. The first-order valence-corrected chi connectivity index (χ1v) is 7.57. The first kappa shape index (κ1) is 12.7. The van der Waals surface area contributed by atoms with Gasteiger partial charge in [-0.15, -0.1) is 6.58 Å². The average Bonchev–Trinajstić information content (AvgIpc) is 2.74. The van der Waals surface area contributed by atoms with Crippen LogP contribution in [0, 0.1) is 0 Å². The molecule has 1 amide bonds. The number of hydrogen-bond acceptors (Lipinski definition) is 2. The summed E-state index contributed by atoms with van der Waals surface area (Å²) in [7, 11) is 0. The van der Waals surface area contributed by atoms with Crippen molar-refractivity contribution in [2.24, 2.45) is 0 Å². The van der Waals surface area contributed by atoms with E-state index in [9.17, 15) is 4.79 Å². The molecule has 0 aromatic heterocycles. The van der Waals surface area contributed by atoms with Gasteiger partial charge in [-0.05, 0) is 5.56 Å². The first-order chi connectivity index (χ1) is 8.27. The van der Waals surface area contributed by atoms with E-state index in [4.69, 9.17) is 0 Å². The molecule has 0 spiro atoms. The van der Waals surface area contributed by atoms with E-state index < -0.39 is 0 Å². The molecule has 0 N–H and O–H groups in total. The van der Waals surface area contributed by atoms with Gasteiger partial charge in [0.25, 0.3) is 5.24 Å². The Kier molecular flexibility index (Phi) is 4.29. The van der Waals surface area contributed by atoms with Gasteiger partial charge in [0.1, 0.15) is 0 Å². The van der Waals surface area contributed by atoms with Crippen molar-refractivity contribution in [1.82, 2.24) is 4.90 Å². The van der Waals surface area contributed by atoms with Gasteiger partial charge in [0.05, 0.1) is 12.1 Å². The quantitative estimate of drug-likeness (QED) is 0.622. The highest BCUT2D eigenvalue weighted by molar-refractivity contribution is 9.09. The van der Waals surface area contributed by atoms with E-state index in [0.29, 0.717) is 0 Å². The summed E-state index contributed by atoms with van der Waals surface area (Å²) in [6, 6.07) is 10.3. The maximum Gasteiger partial charge on any atom is 0.282 e. The molecular weight excluding hydrogens is 298 g/mol. The lowest BCUT2D eigenvalue weighted by Crippen LogP contribution is -2.36. The van der Waals surface area contributed by atoms with Gasteiger partial charge in [0.2, 0.25) is 0 Å². The normalized spacial score (nSPS) is 21.6. The van der Waals surface area contributed by atoms with Crippen LogP contribution in [0.5, 0.6) is 0 Å². The van der Waals surface area contributed by atoms with Gasteiger partial charge in [0, 0.05) is 11.1 Å². The predicted molar refractivity (Wildman–Crippen MR) is 76.7 cm³/mol. The lowest BCUT2D eigenvalue weighted by atomic mass is 10.1. The summed E-state index contributed by atoms with van der Waals surface area (Å²) in [5.41, 5.74) is 1.16. The molecule has 0 radical (unpaired) electrons. The van der Waals surface area contributed by atoms with Crippen molar-refractivity contribution in [3.8, 4) is 0 Å². The zero-order valence-electron chi connectivity index (χ0n) is 9.38. The molecule has 0 unspecified atom stereocenters. The van der Waals surface area contributed by atoms with Crippen LogP contribution in [0.4, 0.5) is 4.79 Å². The van der Waals surface area contributed by atoms with Crippen molar-refractivity contribution < 1.29 is 4.79 Å². The second-order valence-corrected chi connectivity index (χ2v) is 5.49. The molecule has 0 bridgehead atoms. The minimum atomic E-state index is 0.0849. The van der Waals surface area contributed by atoms with Gasteiger partial charge in [-0.1, -0.05) is 64.1 Å². The van der Waals surface area contributed by atoms with Crippen molar-refractivity contribution in [2.75, 3.05) is 11.1 Å². The lowest BCUT2D eigenvalue weighted by molar-refractivity contribution is 0.201. The Morgan fingerprint density at radius 3 is 2.82 bits per heavy atom. The molecule has 0 saturated carbocycles. The Bertz CT molecular complexity index is 409. The van der Waals surface area contributed by atoms with E-state index in [0.717, 1.165) is 16.6 Å². The molecule has 1 aliphatic rings. The molecule has 4 heteroatoms. The number of carbonyl (C=O) groups is 1. The minimum Gasteiger partial charge on any atom is -0.318 e. The zero-order chi connectivity index (χ0) is 12.3. The number of benzene rings is 1. The molecular formula is C13H14BrNOS. The van der Waals surface area contributed by atoms with Gasteiger partial charge in [-0.2, -0.15) is 0 Å². The molecule has 17 heavy (non-hydrogen) atoms. The predicted octanol–water partition coefficient (Wildman–Crippen LogP) is 3.85. The van der Waals surface area contributed by atoms with E-state index in [-0.39, 0.29) is 17.3 Å². The maximum absolute atomic E-state index is 11.9. The van der Waals surface area contributed by atoms with Gasteiger partial charge in [-0.25, -0.2) is 0 Å². The monoisotopic (exact) mass is 311 g/mol. The summed E-state index contributed by atoms with van der Waals surface area (Å²) in [5.74, 6) is 0.804. The van der Waals surface area contributed by atoms with E-state index in [1.54, 1.807) is 0 Å². The molecule has 0 aliphatic carbocycles. The highest BCUT2D eigenvalue weighted by atomic mass is 79.9. The summed E-state index contributed by atoms with van der Waals surface area (Å²) in [5, 5.41) is 0.886. The highest BCUT2D eigenvalue weighted by Gasteiger charge is 2.35. The third-order valence-electron chi connectivity index (χ3n) is 2.88. The molecule has 1 fully saturated rings. The van der Waals surface area contributed by atoms with Crippen molar-refractivity contribution in [1.29, 1.82) is 0 Å². The molecule has 2 nitrogen and oxygen atoms in total. The fraction of sp³-hybridized carbons (Fsp3) is 0.308. The second-order valence-electron chi connectivity index (χ2n) is 3.87. The van der Waals surface area contributed by atoms with Crippen LogP contribution >= 0.6 is 27.7 Å². The summed E-state index contributed by atoms with van der Waals surface area (Å²) in [6.45, 7) is 3.82. The Labute approximate surface area is 114 Å². The molecule has 2 rings (SSSR count). The van der Waals surface area contributed by atoms with Crippen LogP contribution in [0.15, 0.2) is 43.0 Å². The van der Waals surface area contributed by atoms with Crippen molar-refractivity contribution in [3.05, 3.63) is 48.6 Å². The van der Waals surface area contributed by atoms with Crippen LogP contribution in [-0.2, 0) is 0 Å². The van der Waals surface area contributed by atoms with Crippen LogP contribution < -0.4 is 0 Å². The van der Waals surface area contributed by atoms with Crippen molar-refractivity contribution >= 4 is 32.9 Å². The molecule has 1 aromatic rings. The van der Waals surface area contributed by atoms with E-state index in [2.05, 4.69) is 34.6 Å². The lowest BCUT2D eigenvalue weighted by Gasteiger charge is -2.30. The number of alkyl halides is 1. The fourth-order valence-corrected chi connectivity index (χ4v) is 3.69. The first-order valence-electron chi connectivity index (χ1n) is 5.46. The Balaban J connectivity index is 2.29. The molecule has 1 aromatic carbocycles. The van der Waals surface area contributed by atoms with Crippen LogP contribution in [0.1, 0.15) is 11.6 Å². The van der Waals surface area contributed by atoms with Crippen LogP contribution in [-0.4, -0.2) is 27.3 Å². The third kappa shape index (κ3) is 2.58. The van der Waals surface area contributed by atoms with Crippen LogP contribution in [0.25, 0.3) is 0 Å².